The minimum Gasteiger partial charge on any atom is -0.391 e. The zero-order valence-electron chi connectivity index (χ0n) is 13.3. The maximum atomic E-state index is 11.9. The van der Waals surface area contributed by atoms with E-state index in [1.165, 1.54) is 4.90 Å². The number of carbonyl (C=O) groups is 1. The highest BCUT2D eigenvalue weighted by molar-refractivity contribution is 5.77. The summed E-state index contributed by atoms with van der Waals surface area (Å²) in [6.45, 7) is 6.49. The van der Waals surface area contributed by atoms with Crippen LogP contribution in [0.5, 0.6) is 0 Å². The molecule has 1 amide bonds. The van der Waals surface area contributed by atoms with Crippen molar-refractivity contribution in [1.82, 2.24) is 9.80 Å². The van der Waals surface area contributed by atoms with Crippen molar-refractivity contribution in [2.45, 2.75) is 33.1 Å². The third kappa shape index (κ3) is 6.93. The van der Waals surface area contributed by atoms with Crippen molar-refractivity contribution >= 4 is 5.91 Å². The van der Waals surface area contributed by atoms with Crippen LogP contribution in [0.25, 0.3) is 0 Å². The highest BCUT2D eigenvalue weighted by Crippen LogP contribution is 2.20. The molecule has 5 nitrogen and oxygen atoms in total. The first kappa shape index (κ1) is 19.2. The molecule has 0 spiro atoms. The molecule has 130 valence electrons. The monoisotopic (exact) mass is 326 g/mol. The molecule has 1 aliphatic rings. The van der Waals surface area contributed by atoms with Crippen molar-refractivity contribution in [3.05, 3.63) is 0 Å². The van der Waals surface area contributed by atoms with Crippen LogP contribution >= 0.6 is 0 Å². The van der Waals surface area contributed by atoms with E-state index in [1.54, 1.807) is 0 Å². The van der Waals surface area contributed by atoms with Crippen molar-refractivity contribution in [3.63, 3.8) is 0 Å². The molecule has 22 heavy (non-hydrogen) atoms. The van der Waals surface area contributed by atoms with Gasteiger partial charge in [-0.2, -0.15) is 13.2 Å². The third-order valence-electron chi connectivity index (χ3n) is 3.65. The molecule has 0 saturated carbocycles. The second kappa shape index (κ2) is 7.61. The number of aliphatic hydroxyl groups excluding tert-OH is 1. The van der Waals surface area contributed by atoms with Gasteiger partial charge in [-0.3, -0.25) is 9.69 Å². The lowest BCUT2D eigenvalue weighted by Gasteiger charge is -2.38. The van der Waals surface area contributed by atoms with Crippen LogP contribution in [-0.2, 0) is 9.53 Å². The quantitative estimate of drug-likeness (QED) is 0.822. The highest BCUT2D eigenvalue weighted by atomic mass is 19.4. The van der Waals surface area contributed by atoms with E-state index in [1.807, 2.05) is 20.8 Å². The van der Waals surface area contributed by atoms with Crippen molar-refractivity contribution in [3.8, 4) is 0 Å². The van der Waals surface area contributed by atoms with Crippen molar-refractivity contribution < 1.29 is 27.8 Å². The number of carbonyl (C=O) groups excluding carboxylic acids is 1. The topological polar surface area (TPSA) is 53.0 Å². The van der Waals surface area contributed by atoms with E-state index in [-0.39, 0.29) is 5.41 Å². The molecule has 1 atom stereocenters. The molecule has 1 heterocycles. The fourth-order valence-electron chi connectivity index (χ4n) is 2.04. The standard InChI is InChI=1S/C14H25F3N2O3/c1-13(2,3)11(20)8-18-4-6-19(7-5-18)12(21)9-22-10-14(15,16)17/h11,20H,4-10H2,1-3H3/t11-/m0/s1. The Bertz CT molecular complexity index is 361. The van der Waals surface area contributed by atoms with E-state index in [2.05, 4.69) is 9.64 Å². The normalized spacial score (nSPS) is 19.3. The molecule has 1 fully saturated rings. The van der Waals surface area contributed by atoms with Gasteiger partial charge in [0.15, 0.2) is 0 Å². The SMILES string of the molecule is CC(C)(C)[C@@H](O)CN1CCN(C(=O)COCC(F)(F)F)CC1. The summed E-state index contributed by atoms with van der Waals surface area (Å²) < 4.78 is 40.2. The van der Waals surface area contributed by atoms with Crippen LogP contribution < -0.4 is 0 Å². The van der Waals surface area contributed by atoms with Crippen LogP contribution in [0.2, 0.25) is 0 Å². The summed E-state index contributed by atoms with van der Waals surface area (Å²) in [5.74, 6) is -0.430. The first-order chi connectivity index (χ1) is 9.99. The van der Waals surface area contributed by atoms with Gasteiger partial charge in [0, 0.05) is 32.7 Å². The van der Waals surface area contributed by atoms with Gasteiger partial charge in [-0.1, -0.05) is 20.8 Å². The molecule has 0 unspecified atom stereocenters. The summed E-state index contributed by atoms with van der Waals surface area (Å²) in [5, 5.41) is 10.1. The molecule has 0 aliphatic carbocycles. The molecule has 0 aromatic rings. The molecule has 1 saturated heterocycles. The van der Waals surface area contributed by atoms with Gasteiger partial charge < -0.3 is 14.7 Å². The summed E-state index contributed by atoms with van der Waals surface area (Å²) in [7, 11) is 0. The van der Waals surface area contributed by atoms with Gasteiger partial charge in [-0.25, -0.2) is 0 Å². The molecule has 1 N–H and O–H groups in total. The molecule has 0 aromatic heterocycles. The second-order valence-corrected chi connectivity index (χ2v) is 6.67. The fraction of sp³-hybridized carbons (Fsp3) is 0.929. The van der Waals surface area contributed by atoms with Gasteiger partial charge in [0.2, 0.25) is 5.91 Å². The fourth-order valence-corrected chi connectivity index (χ4v) is 2.04. The summed E-state index contributed by atoms with van der Waals surface area (Å²) in [5.41, 5.74) is -0.210. The Kier molecular flexibility index (Phi) is 6.64. The van der Waals surface area contributed by atoms with Gasteiger partial charge in [-0.05, 0) is 5.41 Å². The first-order valence-electron chi connectivity index (χ1n) is 7.32. The zero-order chi connectivity index (χ0) is 17.0. The molecular formula is C14H25F3N2O3. The summed E-state index contributed by atoms with van der Waals surface area (Å²) in [6, 6.07) is 0. The minimum atomic E-state index is -4.41. The van der Waals surface area contributed by atoms with E-state index < -0.39 is 31.4 Å². The summed E-state index contributed by atoms with van der Waals surface area (Å²) >= 11 is 0. The Morgan fingerprint density at radius 3 is 2.18 bits per heavy atom. The number of aliphatic hydroxyl groups is 1. The Labute approximate surface area is 129 Å². The Balaban J connectivity index is 2.28. The van der Waals surface area contributed by atoms with Crippen LogP contribution in [0.1, 0.15) is 20.8 Å². The summed E-state index contributed by atoms with van der Waals surface area (Å²) in [6.07, 6.45) is -4.88. The third-order valence-corrected chi connectivity index (χ3v) is 3.65. The predicted molar refractivity (Wildman–Crippen MR) is 75.4 cm³/mol. The van der Waals surface area contributed by atoms with Crippen LogP contribution in [-0.4, -0.2) is 79.0 Å². The number of alkyl halides is 3. The first-order valence-corrected chi connectivity index (χ1v) is 7.32. The second-order valence-electron chi connectivity index (χ2n) is 6.67. The van der Waals surface area contributed by atoms with Gasteiger partial charge in [0.25, 0.3) is 0 Å². The maximum absolute atomic E-state index is 11.9. The van der Waals surface area contributed by atoms with Crippen LogP contribution in [0.4, 0.5) is 13.2 Å². The van der Waals surface area contributed by atoms with Crippen molar-refractivity contribution in [2.75, 3.05) is 45.9 Å². The number of rotatable bonds is 5. The molecule has 0 aromatic carbocycles. The number of halogens is 3. The van der Waals surface area contributed by atoms with Gasteiger partial charge >= 0.3 is 6.18 Å². The Morgan fingerprint density at radius 2 is 1.73 bits per heavy atom. The molecule has 1 aliphatic heterocycles. The van der Waals surface area contributed by atoms with Crippen LogP contribution in [0.15, 0.2) is 0 Å². The molecular weight excluding hydrogens is 301 g/mol. The number of hydrogen-bond donors (Lipinski definition) is 1. The smallest absolute Gasteiger partial charge is 0.391 e. The largest absolute Gasteiger partial charge is 0.411 e. The van der Waals surface area contributed by atoms with Crippen molar-refractivity contribution in [2.24, 2.45) is 5.41 Å². The Morgan fingerprint density at radius 1 is 1.18 bits per heavy atom. The average molecular weight is 326 g/mol. The number of hydrogen-bond acceptors (Lipinski definition) is 4. The van der Waals surface area contributed by atoms with E-state index in [0.717, 1.165) is 0 Å². The van der Waals surface area contributed by atoms with Gasteiger partial charge in [-0.15, -0.1) is 0 Å². The number of β-amino-alcohol motifs (C(OH)–C–C–N with tert-alkyl or cyclic N) is 1. The molecule has 1 rings (SSSR count). The molecule has 8 heteroatoms. The number of amides is 1. The van der Waals surface area contributed by atoms with Gasteiger partial charge in [0.1, 0.15) is 13.2 Å². The van der Waals surface area contributed by atoms with E-state index in [9.17, 15) is 23.1 Å². The number of nitrogens with zero attached hydrogens (tertiary/aromatic N) is 2. The number of ether oxygens (including phenoxy) is 1. The van der Waals surface area contributed by atoms with Crippen molar-refractivity contribution in [1.29, 1.82) is 0 Å². The molecule has 0 bridgehead atoms. The molecule has 0 radical (unpaired) electrons. The minimum absolute atomic E-state index is 0.210. The Hall–Kier alpha value is -0.860. The lowest BCUT2D eigenvalue weighted by molar-refractivity contribution is -0.178. The maximum Gasteiger partial charge on any atom is 0.411 e. The van der Waals surface area contributed by atoms with Gasteiger partial charge in [0.05, 0.1) is 6.10 Å². The van der Waals surface area contributed by atoms with E-state index in [4.69, 9.17) is 0 Å². The predicted octanol–water partition coefficient (Wildman–Crippen LogP) is 1.12. The van der Waals surface area contributed by atoms with Crippen LogP contribution in [0, 0.1) is 5.41 Å². The van der Waals surface area contributed by atoms with Crippen LogP contribution in [0.3, 0.4) is 0 Å². The van der Waals surface area contributed by atoms with E-state index >= 15 is 0 Å². The lowest BCUT2D eigenvalue weighted by Crippen LogP contribution is -2.52. The van der Waals surface area contributed by atoms with E-state index in [0.29, 0.717) is 32.7 Å². The average Bonchev–Trinajstić information content (AvgIpc) is 2.36. The highest BCUT2D eigenvalue weighted by Gasteiger charge is 2.30. The summed E-state index contributed by atoms with van der Waals surface area (Å²) in [4.78, 5) is 15.3. The lowest BCUT2D eigenvalue weighted by atomic mass is 9.89. The number of piperazine rings is 1. The zero-order valence-corrected chi connectivity index (χ0v) is 13.3.